The number of hydrogen-bond acceptors (Lipinski definition) is 1. The molecule has 1 saturated carbocycles. The Hall–Kier alpha value is -1.31. The van der Waals surface area contributed by atoms with Crippen molar-refractivity contribution in [3.05, 3.63) is 35.4 Å². The second-order valence-electron chi connectivity index (χ2n) is 4.93. The third-order valence-electron chi connectivity index (χ3n) is 3.69. The number of carbonyl (C=O) groups is 1. The van der Waals surface area contributed by atoms with Crippen LogP contribution in [0.3, 0.4) is 0 Å². The van der Waals surface area contributed by atoms with Gasteiger partial charge in [-0.25, -0.2) is 0 Å². The Morgan fingerprint density at radius 2 is 1.94 bits per heavy atom. The molecule has 0 radical (unpaired) electrons. The zero-order chi connectivity index (χ0) is 12.1. The molecular weight excluding hydrogens is 212 g/mol. The van der Waals surface area contributed by atoms with E-state index >= 15 is 0 Å². The van der Waals surface area contributed by atoms with E-state index in [1.165, 1.54) is 36.8 Å². The Bertz CT molecular complexity index is 378. The van der Waals surface area contributed by atoms with E-state index in [0.717, 1.165) is 18.8 Å². The standard InChI is InChI=1S/C15H20O2/c16-15(17)11-5-9-13-8-3-4-10-14(13)12-6-1-2-7-12/h3-4,8,10,12H,1-2,5-7,9,11H2,(H,16,17). The first-order valence-corrected chi connectivity index (χ1v) is 6.57. The minimum atomic E-state index is -0.691. The van der Waals surface area contributed by atoms with Gasteiger partial charge in [-0.3, -0.25) is 4.79 Å². The van der Waals surface area contributed by atoms with Crippen LogP contribution in [0, 0.1) is 0 Å². The number of carboxylic acids is 1. The van der Waals surface area contributed by atoms with Crippen LogP contribution in [-0.4, -0.2) is 11.1 Å². The van der Waals surface area contributed by atoms with Gasteiger partial charge in [0.1, 0.15) is 0 Å². The van der Waals surface area contributed by atoms with Gasteiger partial charge in [-0.15, -0.1) is 0 Å². The van der Waals surface area contributed by atoms with Gasteiger partial charge < -0.3 is 5.11 Å². The van der Waals surface area contributed by atoms with Gasteiger partial charge >= 0.3 is 5.97 Å². The van der Waals surface area contributed by atoms with E-state index < -0.39 is 5.97 Å². The molecule has 0 bridgehead atoms. The second kappa shape index (κ2) is 5.85. The predicted octanol–water partition coefficient (Wildman–Crippen LogP) is 3.75. The van der Waals surface area contributed by atoms with Gasteiger partial charge in [0.2, 0.25) is 0 Å². The maximum absolute atomic E-state index is 10.5. The fraction of sp³-hybridized carbons (Fsp3) is 0.533. The molecule has 1 aromatic carbocycles. The van der Waals surface area contributed by atoms with Crippen LogP contribution in [0.4, 0.5) is 0 Å². The molecule has 1 aliphatic rings. The lowest BCUT2D eigenvalue weighted by Crippen LogP contribution is -2.01. The van der Waals surface area contributed by atoms with Crippen LogP contribution in [0.5, 0.6) is 0 Å². The van der Waals surface area contributed by atoms with Crippen molar-refractivity contribution in [2.75, 3.05) is 0 Å². The quantitative estimate of drug-likeness (QED) is 0.839. The Morgan fingerprint density at radius 1 is 1.24 bits per heavy atom. The SMILES string of the molecule is O=C(O)CCCc1ccccc1C1CCCC1. The minimum absolute atomic E-state index is 0.277. The molecule has 0 aromatic heterocycles. The molecule has 2 nitrogen and oxygen atoms in total. The molecule has 0 aliphatic heterocycles. The third-order valence-corrected chi connectivity index (χ3v) is 3.69. The molecule has 2 heteroatoms. The first-order valence-electron chi connectivity index (χ1n) is 6.57. The van der Waals surface area contributed by atoms with E-state index in [2.05, 4.69) is 24.3 Å². The number of aryl methyl sites for hydroxylation is 1. The van der Waals surface area contributed by atoms with Crippen molar-refractivity contribution >= 4 is 5.97 Å². The summed E-state index contributed by atoms with van der Waals surface area (Å²) >= 11 is 0. The summed E-state index contributed by atoms with van der Waals surface area (Å²) in [6.45, 7) is 0. The average molecular weight is 232 g/mol. The predicted molar refractivity (Wildman–Crippen MR) is 68.2 cm³/mol. The molecule has 0 saturated heterocycles. The second-order valence-corrected chi connectivity index (χ2v) is 4.93. The molecule has 0 heterocycles. The molecule has 1 aliphatic carbocycles. The van der Waals surface area contributed by atoms with Gasteiger partial charge in [0, 0.05) is 6.42 Å². The fourth-order valence-electron chi connectivity index (χ4n) is 2.83. The summed E-state index contributed by atoms with van der Waals surface area (Å²) in [5, 5.41) is 8.67. The molecule has 0 atom stereocenters. The molecule has 0 unspecified atom stereocenters. The topological polar surface area (TPSA) is 37.3 Å². The van der Waals surface area contributed by atoms with Crippen molar-refractivity contribution in [2.45, 2.75) is 50.9 Å². The maximum atomic E-state index is 10.5. The highest BCUT2D eigenvalue weighted by Crippen LogP contribution is 2.36. The third kappa shape index (κ3) is 3.32. The minimum Gasteiger partial charge on any atom is -0.481 e. The first kappa shape index (κ1) is 12.2. The highest BCUT2D eigenvalue weighted by atomic mass is 16.4. The Morgan fingerprint density at radius 3 is 2.65 bits per heavy atom. The lowest BCUT2D eigenvalue weighted by atomic mass is 9.91. The van der Waals surface area contributed by atoms with Crippen LogP contribution in [0.1, 0.15) is 55.6 Å². The largest absolute Gasteiger partial charge is 0.481 e. The Labute approximate surface area is 103 Å². The summed E-state index contributed by atoms with van der Waals surface area (Å²) < 4.78 is 0. The summed E-state index contributed by atoms with van der Waals surface area (Å²) in [7, 11) is 0. The van der Waals surface area contributed by atoms with Crippen molar-refractivity contribution in [1.29, 1.82) is 0 Å². The van der Waals surface area contributed by atoms with E-state index in [1.54, 1.807) is 0 Å². The number of rotatable bonds is 5. The zero-order valence-electron chi connectivity index (χ0n) is 10.2. The smallest absolute Gasteiger partial charge is 0.303 e. The molecule has 17 heavy (non-hydrogen) atoms. The zero-order valence-corrected chi connectivity index (χ0v) is 10.2. The lowest BCUT2D eigenvalue weighted by molar-refractivity contribution is -0.137. The maximum Gasteiger partial charge on any atom is 0.303 e. The Balaban J connectivity index is 2.02. The van der Waals surface area contributed by atoms with E-state index in [9.17, 15) is 4.79 Å². The molecule has 1 N–H and O–H groups in total. The number of carboxylic acid groups (broad SMARTS) is 1. The normalized spacial score (nSPS) is 16.2. The number of aliphatic carboxylic acids is 1. The lowest BCUT2D eigenvalue weighted by Gasteiger charge is -2.14. The van der Waals surface area contributed by atoms with Crippen LogP contribution in [0.25, 0.3) is 0 Å². The summed E-state index contributed by atoms with van der Waals surface area (Å²) in [6.07, 6.45) is 7.21. The van der Waals surface area contributed by atoms with E-state index in [0.29, 0.717) is 0 Å². The van der Waals surface area contributed by atoms with Crippen LogP contribution < -0.4 is 0 Å². The highest BCUT2D eigenvalue weighted by Gasteiger charge is 2.19. The van der Waals surface area contributed by atoms with Gasteiger partial charge in [0.15, 0.2) is 0 Å². The molecular formula is C15H20O2. The van der Waals surface area contributed by atoms with Crippen LogP contribution in [0.15, 0.2) is 24.3 Å². The van der Waals surface area contributed by atoms with Crippen molar-refractivity contribution in [1.82, 2.24) is 0 Å². The highest BCUT2D eigenvalue weighted by molar-refractivity contribution is 5.66. The summed E-state index contributed by atoms with van der Waals surface area (Å²) in [5.41, 5.74) is 2.83. The van der Waals surface area contributed by atoms with E-state index in [4.69, 9.17) is 5.11 Å². The summed E-state index contributed by atoms with van der Waals surface area (Å²) in [5.74, 6) is 0.0272. The molecule has 92 valence electrons. The summed E-state index contributed by atoms with van der Waals surface area (Å²) in [6, 6.07) is 8.56. The van der Waals surface area contributed by atoms with Gasteiger partial charge in [0.25, 0.3) is 0 Å². The van der Waals surface area contributed by atoms with Crippen molar-refractivity contribution in [3.63, 3.8) is 0 Å². The van der Waals surface area contributed by atoms with Gasteiger partial charge in [-0.1, -0.05) is 37.1 Å². The van der Waals surface area contributed by atoms with Crippen molar-refractivity contribution in [3.8, 4) is 0 Å². The molecule has 0 amide bonds. The first-order chi connectivity index (χ1) is 8.27. The van der Waals surface area contributed by atoms with Crippen molar-refractivity contribution < 1.29 is 9.90 Å². The van der Waals surface area contributed by atoms with Gasteiger partial charge in [-0.2, -0.15) is 0 Å². The monoisotopic (exact) mass is 232 g/mol. The van der Waals surface area contributed by atoms with Crippen LogP contribution in [0.2, 0.25) is 0 Å². The molecule has 1 fully saturated rings. The van der Waals surface area contributed by atoms with E-state index in [1.807, 2.05) is 0 Å². The van der Waals surface area contributed by atoms with Gasteiger partial charge in [-0.05, 0) is 42.7 Å². The number of hydrogen-bond donors (Lipinski definition) is 1. The fourth-order valence-corrected chi connectivity index (χ4v) is 2.83. The summed E-state index contributed by atoms with van der Waals surface area (Å²) in [4.78, 5) is 10.5. The van der Waals surface area contributed by atoms with Crippen molar-refractivity contribution in [2.24, 2.45) is 0 Å². The number of benzene rings is 1. The van der Waals surface area contributed by atoms with E-state index in [-0.39, 0.29) is 6.42 Å². The van der Waals surface area contributed by atoms with Crippen LogP contribution in [-0.2, 0) is 11.2 Å². The van der Waals surface area contributed by atoms with Crippen LogP contribution >= 0.6 is 0 Å². The molecule has 2 rings (SSSR count). The molecule has 0 spiro atoms. The molecule has 1 aromatic rings. The average Bonchev–Trinajstić information content (AvgIpc) is 2.82. The Kier molecular flexibility index (Phi) is 4.18. The van der Waals surface area contributed by atoms with Gasteiger partial charge in [0.05, 0.1) is 0 Å².